The Kier molecular flexibility index (Phi) is 4.09. The van der Waals surface area contributed by atoms with Crippen LogP contribution in [0.4, 0.5) is 0 Å². The maximum Gasteiger partial charge on any atom is 0.252 e. The molecule has 0 radical (unpaired) electrons. The molecule has 1 aliphatic carbocycles. The molecule has 1 saturated carbocycles. The Hall–Kier alpha value is -3.19. The average Bonchev–Trinajstić information content (AvgIpc) is 3.21. The maximum absolute atomic E-state index is 12.9. The summed E-state index contributed by atoms with van der Waals surface area (Å²) < 4.78 is 10.7. The molecule has 0 saturated heterocycles. The number of benzene rings is 1. The molecule has 1 aliphatic rings. The second-order valence-electron chi connectivity index (χ2n) is 6.67. The molecule has 0 unspecified atom stereocenters. The minimum atomic E-state index is -0.278. The lowest BCUT2D eigenvalue weighted by molar-refractivity contribution is 0.0951. The number of carbonyl (C=O) groups is 1. The van der Waals surface area contributed by atoms with E-state index in [9.17, 15) is 4.79 Å². The van der Waals surface area contributed by atoms with Crippen molar-refractivity contribution in [3.63, 3.8) is 0 Å². The largest absolute Gasteiger partial charge is 0.463 e. The number of hydrogen-bond donors (Lipinski definition) is 1. The van der Waals surface area contributed by atoms with Gasteiger partial charge in [-0.2, -0.15) is 4.98 Å². The first-order valence-corrected chi connectivity index (χ1v) is 9.30. The molecule has 3 heterocycles. The first-order chi connectivity index (χ1) is 13.7. The molecule has 5 rings (SSSR count). The van der Waals surface area contributed by atoms with Crippen LogP contribution in [-0.2, 0) is 6.54 Å². The molecule has 7 nitrogen and oxygen atoms in total. The average molecular weight is 395 g/mol. The summed E-state index contributed by atoms with van der Waals surface area (Å²) in [6, 6.07) is 10.6. The van der Waals surface area contributed by atoms with Crippen LogP contribution in [0.25, 0.3) is 22.4 Å². The van der Waals surface area contributed by atoms with E-state index >= 15 is 0 Å². The van der Waals surface area contributed by atoms with Crippen molar-refractivity contribution >= 4 is 28.4 Å². The molecular formula is C20H15ClN4O3. The van der Waals surface area contributed by atoms with Gasteiger partial charge in [0.1, 0.15) is 5.69 Å². The highest BCUT2D eigenvalue weighted by Crippen LogP contribution is 2.38. The van der Waals surface area contributed by atoms with Crippen molar-refractivity contribution in [2.45, 2.75) is 25.3 Å². The summed E-state index contributed by atoms with van der Waals surface area (Å²) in [4.78, 5) is 21.8. The third-order valence-corrected chi connectivity index (χ3v) is 4.93. The number of amides is 1. The number of pyridine rings is 1. The zero-order valence-corrected chi connectivity index (χ0v) is 15.4. The van der Waals surface area contributed by atoms with Gasteiger partial charge in [0.25, 0.3) is 5.91 Å². The first kappa shape index (κ1) is 16.9. The van der Waals surface area contributed by atoms with Crippen molar-refractivity contribution in [3.8, 4) is 11.5 Å². The Labute approximate surface area is 164 Å². The zero-order valence-electron chi connectivity index (χ0n) is 14.7. The Morgan fingerprint density at radius 3 is 2.89 bits per heavy atom. The summed E-state index contributed by atoms with van der Waals surface area (Å²) in [6.45, 7) is 0.176. The molecule has 1 N–H and O–H groups in total. The van der Waals surface area contributed by atoms with Crippen molar-refractivity contribution in [1.29, 1.82) is 0 Å². The van der Waals surface area contributed by atoms with Gasteiger partial charge in [0, 0.05) is 11.3 Å². The van der Waals surface area contributed by atoms with E-state index in [4.69, 9.17) is 20.5 Å². The van der Waals surface area contributed by atoms with Crippen molar-refractivity contribution in [3.05, 3.63) is 65.0 Å². The first-order valence-electron chi connectivity index (χ1n) is 8.93. The number of nitrogens with one attached hydrogen (secondary N) is 1. The van der Waals surface area contributed by atoms with E-state index in [0.29, 0.717) is 50.6 Å². The number of fused-ring (bicyclic) bond motifs is 1. The van der Waals surface area contributed by atoms with Gasteiger partial charge in [-0.25, -0.2) is 4.98 Å². The maximum atomic E-state index is 12.9. The van der Waals surface area contributed by atoms with E-state index in [0.717, 1.165) is 12.8 Å². The predicted octanol–water partition coefficient (Wildman–Crippen LogP) is 4.34. The number of aromatic nitrogens is 3. The van der Waals surface area contributed by atoms with Crippen LogP contribution in [-0.4, -0.2) is 21.0 Å². The van der Waals surface area contributed by atoms with Gasteiger partial charge in [-0.1, -0.05) is 28.9 Å². The highest BCUT2D eigenvalue weighted by molar-refractivity contribution is 6.35. The lowest BCUT2D eigenvalue weighted by Crippen LogP contribution is -2.24. The minimum absolute atomic E-state index is 0.176. The molecule has 0 bridgehead atoms. The van der Waals surface area contributed by atoms with Gasteiger partial charge in [0.05, 0.1) is 28.9 Å². The normalized spacial score (nSPS) is 13.8. The molecule has 1 amide bonds. The Morgan fingerprint density at radius 1 is 1.21 bits per heavy atom. The molecule has 0 aliphatic heterocycles. The second-order valence-corrected chi connectivity index (χ2v) is 7.08. The van der Waals surface area contributed by atoms with E-state index in [2.05, 4.69) is 20.4 Å². The molecule has 0 atom stereocenters. The standard InChI is InChI=1S/C20H15ClN4O3/c21-14-4-1-3-12-13(9-15(23-18(12)14)16-5-2-8-27-16)19(26)22-10-17-24-20(28-25-17)11-6-7-11/h1-5,8-9,11H,6-7,10H2,(H,22,26). The predicted molar refractivity (Wildman–Crippen MR) is 102 cm³/mol. The molecule has 8 heteroatoms. The third kappa shape index (κ3) is 3.14. The van der Waals surface area contributed by atoms with Gasteiger partial charge < -0.3 is 14.3 Å². The SMILES string of the molecule is O=C(NCc1noc(C2CC2)n1)c1cc(-c2ccco2)nc2c(Cl)cccc12. The van der Waals surface area contributed by atoms with Crippen LogP contribution in [0.1, 0.15) is 40.8 Å². The third-order valence-electron chi connectivity index (χ3n) is 4.63. The Morgan fingerprint density at radius 2 is 2.11 bits per heavy atom. The van der Waals surface area contributed by atoms with Gasteiger partial charge in [-0.15, -0.1) is 0 Å². The molecule has 1 aromatic carbocycles. The minimum Gasteiger partial charge on any atom is -0.463 e. The molecule has 0 spiro atoms. The Balaban J connectivity index is 1.47. The fourth-order valence-electron chi connectivity index (χ4n) is 3.04. The monoisotopic (exact) mass is 394 g/mol. The van der Waals surface area contributed by atoms with Gasteiger partial charge in [0.15, 0.2) is 11.6 Å². The topological polar surface area (TPSA) is 94.1 Å². The van der Waals surface area contributed by atoms with Crippen molar-refractivity contribution < 1.29 is 13.7 Å². The number of carbonyl (C=O) groups excluding carboxylic acids is 1. The quantitative estimate of drug-likeness (QED) is 0.541. The molecule has 1 fully saturated rings. The molecule has 4 aromatic rings. The number of nitrogens with zero attached hydrogens (tertiary/aromatic N) is 3. The fourth-order valence-corrected chi connectivity index (χ4v) is 3.26. The number of halogens is 1. The van der Waals surface area contributed by atoms with Crippen LogP contribution in [0.5, 0.6) is 0 Å². The van der Waals surface area contributed by atoms with Gasteiger partial charge in [-0.05, 0) is 37.1 Å². The highest BCUT2D eigenvalue weighted by Gasteiger charge is 2.29. The summed E-state index contributed by atoms with van der Waals surface area (Å²) in [5.41, 5.74) is 1.52. The number of furan rings is 1. The Bertz CT molecular complexity index is 1170. The van der Waals surface area contributed by atoms with E-state index in [1.807, 2.05) is 6.07 Å². The summed E-state index contributed by atoms with van der Waals surface area (Å²) >= 11 is 6.32. The van der Waals surface area contributed by atoms with Crippen molar-refractivity contribution in [2.24, 2.45) is 0 Å². The molecular weight excluding hydrogens is 380 g/mol. The van der Waals surface area contributed by atoms with Crippen LogP contribution in [0.3, 0.4) is 0 Å². The number of rotatable bonds is 5. The summed E-state index contributed by atoms with van der Waals surface area (Å²) in [6.07, 6.45) is 3.71. The fraction of sp³-hybridized carbons (Fsp3) is 0.200. The van der Waals surface area contributed by atoms with E-state index in [1.54, 1.807) is 36.6 Å². The van der Waals surface area contributed by atoms with Crippen molar-refractivity contribution in [2.75, 3.05) is 0 Å². The summed E-state index contributed by atoms with van der Waals surface area (Å²) in [5, 5.41) is 7.90. The number of para-hydroxylation sites is 1. The van der Waals surface area contributed by atoms with Gasteiger partial charge >= 0.3 is 0 Å². The van der Waals surface area contributed by atoms with E-state index in [-0.39, 0.29) is 12.5 Å². The van der Waals surface area contributed by atoms with E-state index < -0.39 is 0 Å². The summed E-state index contributed by atoms with van der Waals surface area (Å²) in [5.74, 6) is 1.76. The van der Waals surface area contributed by atoms with Gasteiger partial charge in [-0.3, -0.25) is 4.79 Å². The highest BCUT2D eigenvalue weighted by atomic mass is 35.5. The lowest BCUT2D eigenvalue weighted by atomic mass is 10.1. The second kappa shape index (κ2) is 6.76. The molecule has 3 aromatic heterocycles. The summed E-state index contributed by atoms with van der Waals surface area (Å²) in [7, 11) is 0. The van der Waals surface area contributed by atoms with Crippen LogP contribution in [0.15, 0.2) is 51.6 Å². The van der Waals surface area contributed by atoms with Crippen molar-refractivity contribution in [1.82, 2.24) is 20.4 Å². The molecule has 140 valence electrons. The van der Waals surface area contributed by atoms with Crippen LogP contribution >= 0.6 is 11.6 Å². The molecule has 28 heavy (non-hydrogen) atoms. The smallest absolute Gasteiger partial charge is 0.252 e. The van der Waals surface area contributed by atoms with Crippen LogP contribution < -0.4 is 5.32 Å². The van der Waals surface area contributed by atoms with Crippen LogP contribution in [0.2, 0.25) is 5.02 Å². The lowest BCUT2D eigenvalue weighted by Gasteiger charge is -2.09. The van der Waals surface area contributed by atoms with Crippen LogP contribution in [0, 0.1) is 0 Å². The number of hydrogen-bond acceptors (Lipinski definition) is 6. The van der Waals surface area contributed by atoms with E-state index in [1.165, 1.54) is 0 Å². The van der Waals surface area contributed by atoms with Gasteiger partial charge in [0.2, 0.25) is 5.89 Å². The zero-order chi connectivity index (χ0) is 19.1.